The summed E-state index contributed by atoms with van der Waals surface area (Å²) in [6.07, 6.45) is 1.30. The minimum Gasteiger partial charge on any atom is -0.768 e. The Morgan fingerprint density at radius 2 is 1.82 bits per heavy atom. The van der Waals surface area contributed by atoms with Gasteiger partial charge < -0.3 is 9.76 Å². The van der Waals surface area contributed by atoms with E-state index in [4.69, 9.17) is 0 Å². The molecule has 0 aliphatic heterocycles. The predicted molar refractivity (Wildman–Crippen MR) is 62.2 cm³/mol. The van der Waals surface area contributed by atoms with Crippen molar-refractivity contribution in [2.24, 2.45) is 0 Å². The van der Waals surface area contributed by atoms with Crippen molar-refractivity contribution < 1.29 is 43.1 Å². The molecular formula is C11H14NNaO3S. The molecule has 0 bridgehead atoms. The molecule has 0 amide bonds. The van der Waals surface area contributed by atoms with Gasteiger partial charge in [-0.2, -0.15) is 0 Å². The molecule has 88 valence electrons. The second-order valence-electron chi connectivity index (χ2n) is 4.40. The van der Waals surface area contributed by atoms with Crippen molar-refractivity contribution in [3.63, 3.8) is 0 Å². The third-order valence-electron chi connectivity index (χ3n) is 2.02. The third-order valence-corrected chi connectivity index (χ3v) is 2.75. The van der Waals surface area contributed by atoms with Gasteiger partial charge >= 0.3 is 29.6 Å². The van der Waals surface area contributed by atoms with Gasteiger partial charge in [0.25, 0.3) is 0 Å². The van der Waals surface area contributed by atoms with E-state index in [1.54, 1.807) is 39.0 Å². The molecule has 0 aromatic heterocycles. The Morgan fingerprint density at radius 3 is 2.29 bits per heavy atom. The zero-order chi connectivity index (χ0) is 12.3. The van der Waals surface area contributed by atoms with Crippen molar-refractivity contribution in [1.82, 2.24) is 0 Å². The molecule has 6 heteroatoms. The molecule has 0 spiro atoms. The van der Waals surface area contributed by atoms with E-state index in [9.17, 15) is 14.0 Å². The van der Waals surface area contributed by atoms with E-state index in [1.165, 1.54) is 12.3 Å². The Hall–Kier alpha value is -0.200. The van der Waals surface area contributed by atoms with E-state index < -0.39 is 16.6 Å². The van der Waals surface area contributed by atoms with Crippen LogP contribution in [0, 0.1) is 5.21 Å². The fourth-order valence-corrected chi connectivity index (χ4v) is 1.56. The van der Waals surface area contributed by atoms with Crippen molar-refractivity contribution in [2.45, 2.75) is 31.2 Å². The molecule has 0 saturated carbocycles. The Balaban J connectivity index is 0.00000256. The molecule has 4 nitrogen and oxygen atoms in total. The van der Waals surface area contributed by atoms with Crippen LogP contribution in [0.25, 0.3) is 0 Å². The third kappa shape index (κ3) is 4.89. The van der Waals surface area contributed by atoms with Crippen molar-refractivity contribution in [1.29, 1.82) is 0 Å². The first-order valence-corrected chi connectivity index (χ1v) is 5.89. The minimum atomic E-state index is -2.33. The Kier molecular flexibility index (Phi) is 6.58. The maximum Gasteiger partial charge on any atom is 1.00 e. The van der Waals surface area contributed by atoms with Crippen molar-refractivity contribution in [3.8, 4) is 0 Å². The number of hydrogen-bond donors (Lipinski definition) is 0. The number of nitrogens with zero attached hydrogens (tertiary/aromatic N) is 1. The monoisotopic (exact) mass is 263 g/mol. The first-order valence-electron chi connectivity index (χ1n) is 4.82. The summed E-state index contributed by atoms with van der Waals surface area (Å²) in [7, 11) is 0. The summed E-state index contributed by atoms with van der Waals surface area (Å²) in [6.45, 7) is 5.27. The summed E-state index contributed by atoms with van der Waals surface area (Å²) in [6, 6.07) is 6.38. The standard InChI is InChI=1S/C11H15NO3S.Na/c1-11(2,3)12(13)8-9-6-4-5-7-10(9)16(14)15;/h4-8H,1-3H3,(H,14,15);/q;+1/p-1. The summed E-state index contributed by atoms with van der Waals surface area (Å²) in [5, 5.41) is 11.7. The molecular weight excluding hydrogens is 249 g/mol. The van der Waals surface area contributed by atoms with Crippen LogP contribution in [0.2, 0.25) is 0 Å². The van der Waals surface area contributed by atoms with Gasteiger partial charge in [-0.15, -0.1) is 0 Å². The van der Waals surface area contributed by atoms with Gasteiger partial charge in [0.1, 0.15) is 0 Å². The maximum absolute atomic E-state index is 11.7. The number of benzene rings is 1. The molecule has 0 aliphatic carbocycles. The fourth-order valence-electron chi connectivity index (χ4n) is 1.06. The topological polar surface area (TPSA) is 66.2 Å². The molecule has 0 aliphatic rings. The van der Waals surface area contributed by atoms with Gasteiger partial charge in [0.2, 0.25) is 0 Å². The van der Waals surface area contributed by atoms with Crippen LogP contribution in [0.1, 0.15) is 26.3 Å². The molecule has 0 radical (unpaired) electrons. The van der Waals surface area contributed by atoms with Gasteiger partial charge in [0.15, 0.2) is 11.8 Å². The van der Waals surface area contributed by atoms with E-state index in [0.29, 0.717) is 5.56 Å². The summed E-state index contributed by atoms with van der Waals surface area (Å²) in [5.41, 5.74) is -0.182. The smallest absolute Gasteiger partial charge is 0.768 e. The van der Waals surface area contributed by atoms with Crippen LogP contribution in [0.3, 0.4) is 0 Å². The van der Waals surface area contributed by atoms with Crippen LogP contribution >= 0.6 is 0 Å². The second kappa shape index (κ2) is 6.66. The minimum absolute atomic E-state index is 0. The molecule has 0 heterocycles. The first-order chi connectivity index (χ1) is 7.32. The maximum atomic E-state index is 11.7. The Morgan fingerprint density at radius 1 is 1.29 bits per heavy atom. The van der Waals surface area contributed by atoms with Crippen molar-refractivity contribution in [2.75, 3.05) is 0 Å². The van der Waals surface area contributed by atoms with Gasteiger partial charge in [-0.25, -0.2) is 4.74 Å². The van der Waals surface area contributed by atoms with Crippen LogP contribution in [-0.4, -0.2) is 25.3 Å². The molecule has 0 saturated heterocycles. The normalized spacial score (nSPS) is 14.0. The van der Waals surface area contributed by atoms with Gasteiger partial charge in [0, 0.05) is 25.7 Å². The van der Waals surface area contributed by atoms with Gasteiger partial charge in [-0.05, 0) is 23.2 Å². The van der Waals surface area contributed by atoms with Crippen molar-refractivity contribution >= 4 is 17.3 Å². The van der Waals surface area contributed by atoms with Gasteiger partial charge in [0.05, 0.1) is 5.56 Å². The van der Waals surface area contributed by atoms with Crippen LogP contribution in [-0.2, 0) is 11.1 Å². The van der Waals surface area contributed by atoms with Crippen LogP contribution in [0.5, 0.6) is 0 Å². The number of rotatable bonds is 2. The van der Waals surface area contributed by atoms with Crippen LogP contribution in [0.4, 0.5) is 0 Å². The summed E-state index contributed by atoms with van der Waals surface area (Å²) in [4.78, 5) is 0.132. The van der Waals surface area contributed by atoms with E-state index >= 15 is 0 Å². The largest absolute Gasteiger partial charge is 1.00 e. The van der Waals surface area contributed by atoms with E-state index in [1.807, 2.05) is 0 Å². The summed E-state index contributed by atoms with van der Waals surface area (Å²) >= 11 is -2.33. The van der Waals surface area contributed by atoms with Gasteiger partial charge in [-0.1, -0.05) is 12.1 Å². The Bertz CT molecular complexity index is 441. The molecule has 1 aromatic rings. The van der Waals surface area contributed by atoms with Gasteiger partial charge in [-0.3, -0.25) is 4.21 Å². The molecule has 1 atom stereocenters. The number of hydrogen-bond acceptors (Lipinski definition) is 3. The number of hydroxylamine groups is 1. The second-order valence-corrected chi connectivity index (χ2v) is 5.31. The zero-order valence-corrected chi connectivity index (χ0v) is 13.3. The fraction of sp³-hybridized carbons (Fsp3) is 0.364. The summed E-state index contributed by atoms with van der Waals surface area (Å²) < 4.78 is 22.6. The quantitative estimate of drug-likeness (QED) is 0.166. The average Bonchev–Trinajstić information content (AvgIpc) is 2.16. The SMILES string of the molecule is CC(C)(C)[N+]([O-])=Cc1ccccc1S(=O)[O-].[Na+]. The molecule has 1 unspecified atom stereocenters. The zero-order valence-electron chi connectivity index (χ0n) is 10.5. The van der Waals surface area contributed by atoms with E-state index in [2.05, 4.69) is 0 Å². The predicted octanol–water partition coefficient (Wildman–Crippen LogP) is -1.34. The molecule has 0 fully saturated rings. The molecule has 0 N–H and O–H groups in total. The molecule has 17 heavy (non-hydrogen) atoms. The molecule has 1 rings (SSSR count). The summed E-state index contributed by atoms with van der Waals surface area (Å²) in [5.74, 6) is 0. The van der Waals surface area contributed by atoms with Crippen LogP contribution < -0.4 is 29.6 Å². The van der Waals surface area contributed by atoms with Crippen molar-refractivity contribution in [3.05, 3.63) is 35.0 Å². The van der Waals surface area contributed by atoms with E-state index in [0.717, 1.165) is 4.74 Å². The Labute approximate surface area is 126 Å². The first kappa shape index (κ1) is 16.8. The molecule has 1 aromatic carbocycles. The van der Waals surface area contributed by atoms with Crippen LogP contribution in [0.15, 0.2) is 29.2 Å². The van der Waals surface area contributed by atoms with E-state index in [-0.39, 0.29) is 34.5 Å². The average molecular weight is 263 g/mol.